The van der Waals surface area contributed by atoms with Crippen LogP contribution in [0.15, 0.2) is 24.3 Å². The molecule has 0 aliphatic heterocycles. The van der Waals surface area contributed by atoms with Crippen molar-refractivity contribution in [1.82, 2.24) is 14.3 Å². The van der Waals surface area contributed by atoms with Gasteiger partial charge in [0.05, 0.1) is 17.3 Å². The Morgan fingerprint density at radius 3 is 2.55 bits per heavy atom. The fourth-order valence-electron chi connectivity index (χ4n) is 2.14. The van der Waals surface area contributed by atoms with Gasteiger partial charge in [-0.05, 0) is 26.0 Å². The molecule has 0 bridgehead atoms. The Bertz CT molecular complexity index is 719. The van der Waals surface area contributed by atoms with E-state index < -0.39 is 15.6 Å². The van der Waals surface area contributed by atoms with Crippen molar-refractivity contribution in [1.29, 1.82) is 0 Å². The van der Waals surface area contributed by atoms with Crippen LogP contribution in [0, 0.1) is 0 Å². The number of rotatable bonds is 5. The third kappa shape index (κ3) is 3.49. The summed E-state index contributed by atoms with van der Waals surface area (Å²) in [5.41, 5.74) is 1.35. The van der Waals surface area contributed by atoms with E-state index in [1.807, 2.05) is 49.7 Å². The summed E-state index contributed by atoms with van der Waals surface area (Å²) in [6.45, 7) is 4.09. The topological polar surface area (TPSA) is 76.0 Å². The Balaban J connectivity index is 2.15. The number of hydrogen-bond donors (Lipinski definition) is 2. The van der Waals surface area contributed by atoms with Gasteiger partial charge in [0.25, 0.3) is 0 Å². The largest absolute Gasteiger partial charge is 0.354 e. The van der Waals surface area contributed by atoms with Gasteiger partial charge in [-0.15, -0.1) is 0 Å². The van der Waals surface area contributed by atoms with Crippen molar-refractivity contribution in [3.8, 4) is 0 Å². The molecular weight excluding hydrogens is 276 g/mol. The molecule has 0 amide bonds. The molecule has 7 heteroatoms. The molecule has 0 spiro atoms. The van der Waals surface area contributed by atoms with Gasteiger partial charge in [-0.3, -0.25) is 0 Å². The van der Waals surface area contributed by atoms with Crippen LogP contribution in [0.25, 0.3) is 11.0 Å². The summed E-state index contributed by atoms with van der Waals surface area (Å²) in [6.07, 6.45) is 1.16. The van der Waals surface area contributed by atoms with Crippen molar-refractivity contribution >= 4 is 27.0 Å². The number of aromatic nitrogens is 2. The maximum absolute atomic E-state index is 11.3. The summed E-state index contributed by atoms with van der Waals surface area (Å²) in [6, 6.07) is 7.84. The van der Waals surface area contributed by atoms with Gasteiger partial charge < -0.3 is 9.88 Å². The van der Waals surface area contributed by atoms with E-state index >= 15 is 0 Å². The van der Waals surface area contributed by atoms with E-state index in [0.29, 0.717) is 6.54 Å². The van der Waals surface area contributed by atoms with Crippen LogP contribution in [0.2, 0.25) is 0 Å². The molecule has 0 radical (unpaired) electrons. The van der Waals surface area contributed by atoms with Gasteiger partial charge in [0, 0.05) is 19.1 Å². The quantitative estimate of drug-likeness (QED) is 0.872. The molecule has 0 saturated heterocycles. The van der Waals surface area contributed by atoms with Gasteiger partial charge >= 0.3 is 0 Å². The molecule has 20 heavy (non-hydrogen) atoms. The first-order valence-electron chi connectivity index (χ1n) is 6.32. The maximum Gasteiger partial charge on any atom is 0.209 e. The van der Waals surface area contributed by atoms with Gasteiger partial charge in [0.15, 0.2) is 0 Å². The highest BCUT2D eigenvalue weighted by atomic mass is 32.2. The lowest BCUT2D eigenvalue weighted by atomic mass is 10.1. The molecule has 6 nitrogen and oxygen atoms in total. The molecule has 0 aliphatic rings. The summed E-state index contributed by atoms with van der Waals surface area (Å²) >= 11 is 0. The molecule has 1 aromatic carbocycles. The lowest BCUT2D eigenvalue weighted by molar-refractivity contribution is 0.475. The second-order valence-corrected chi connectivity index (χ2v) is 7.34. The lowest BCUT2D eigenvalue weighted by Gasteiger charge is -2.25. The zero-order valence-electron chi connectivity index (χ0n) is 12.1. The zero-order valence-corrected chi connectivity index (χ0v) is 13.0. The summed E-state index contributed by atoms with van der Waals surface area (Å²) < 4.78 is 27.2. The van der Waals surface area contributed by atoms with Crippen molar-refractivity contribution in [3.63, 3.8) is 0 Å². The average Bonchev–Trinajstić information content (AvgIpc) is 2.62. The molecule has 0 atom stereocenters. The zero-order chi connectivity index (χ0) is 15.0. The molecule has 1 aromatic heterocycles. The second-order valence-electron chi connectivity index (χ2n) is 5.59. The predicted molar refractivity (Wildman–Crippen MR) is 81.3 cm³/mol. The number of sulfonamides is 1. The van der Waals surface area contributed by atoms with Crippen LogP contribution in [0.3, 0.4) is 0 Å². The first kappa shape index (κ1) is 14.8. The Kier molecular flexibility index (Phi) is 3.75. The molecule has 0 unspecified atom stereocenters. The van der Waals surface area contributed by atoms with Crippen LogP contribution in [0.1, 0.15) is 13.8 Å². The van der Waals surface area contributed by atoms with Crippen LogP contribution >= 0.6 is 0 Å². The smallest absolute Gasteiger partial charge is 0.209 e. The average molecular weight is 296 g/mol. The maximum atomic E-state index is 11.3. The van der Waals surface area contributed by atoms with E-state index in [9.17, 15) is 8.42 Å². The minimum atomic E-state index is -3.24. The van der Waals surface area contributed by atoms with Crippen molar-refractivity contribution < 1.29 is 8.42 Å². The van der Waals surface area contributed by atoms with E-state index in [4.69, 9.17) is 0 Å². The Labute approximate surface area is 119 Å². The second kappa shape index (κ2) is 5.06. The van der Waals surface area contributed by atoms with Gasteiger partial charge in [0.2, 0.25) is 16.0 Å². The molecule has 2 aromatic rings. The number of nitrogens with one attached hydrogen (secondary N) is 2. The number of para-hydroxylation sites is 2. The van der Waals surface area contributed by atoms with Crippen molar-refractivity contribution in [2.24, 2.45) is 7.05 Å². The Morgan fingerprint density at radius 2 is 1.95 bits per heavy atom. The highest BCUT2D eigenvalue weighted by Crippen LogP contribution is 2.18. The first-order valence-corrected chi connectivity index (χ1v) is 8.21. The van der Waals surface area contributed by atoms with Crippen LogP contribution in [0.4, 0.5) is 5.95 Å². The number of aryl methyl sites for hydroxylation is 1. The number of anilines is 1. The van der Waals surface area contributed by atoms with Gasteiger partial charge in [-0.1, -0.05) is 12.1 Å². The summed E-state index contributed by atoms with van der Waals surface area (Å²) in [5.74, 6) is 0.717. The molecule has 1 heterocycles. The van der Waals surface area contributed by atoms with Crippen LogP contribution in [-0.4, -0.2) is 36.3 Å². The highest BCUT2D eigenvalue weighted by Gasteiger charge is 2.22. The van der Waals surface area contributed by atoms with Gasteiger partial charge in [0.1, 0.15) is 0 Å². The van der Waals surface area contributed by atoms with E-state index in [2.05, 4.69) is 15.0 Å². The van der Waals surface area contributed by atoms with Crippen molar-refractivity contribution in [2.45, 2.75) is 19.4 Å². The van der Waals surface area contributed by atoms with Crippen molar-refractivity contribution in [2.75, 3.05) is 18.1 Å². The van der Waals surface area contributed by atoms with E-state index in [0.717, 1.165) is 23.2 Å². The molecular formula is C13H20N4O2S. The number of fused-ring (bicyclic) bond motifs is 1. The molecule has 0 fully saturated rings. The van der Waals surface area contributed by atoms with Gasteiger partial charge in [-0.25, -0.2) is 18.1 Å². The molecule has 2 rings (SSSR count). The Morgan fingerprint density at radius 1 is 1.30 bits per heavy atom. The predicted octanol–water partition coefficient (Wildman–Crippen LogP) is 1.31. The third-order valence-corrected chi connectivity index (χ3v) is 3.86. The number of nitrogens with zero attached hydrogens (tertiary/aromatic N) is 2. The highest BCUT2D eigenvalue weighted by molar-refractivity contribution is 7.88. The minimum absolute atomic E-state index is 0.442. The summed E-state index contributed by atoms with van der Waals surface area (Å²) in [7, 11) is -1.31. The lowest BCUT2D eigenvalue weighted by Crippen LogP contribution is -2.48. The van der Waals surface area contributed by atoms with E-state index in [1.165, 1.54) is 0 Å². The van der Waals surface area contributed by atoms with Crippen LogP contribution in [0.5, 0.6) is 0 Å². The third-order valence-electron chi connectivity index (χ3n) is 2.94. The summed E-state index contributed by atoms with van der Waals surface area (Å²) in [5, 5.41) is 3.19. The normalized spacial score (nSPS) is 12.8. The Hall–Kier alpha value is -1.60. The van der Waals surface area contributed by atoms with E-state index in [1.54, 1.807) is 0 Å². The standard InChI is InChI=1S/C13H20N4O2S/c1-13(2,16-20(4,18)19)9-14-12-15-10-7-5-6-8-11(10)17(12)3/h5-8,16H,9H2,1-4H3,(H,14,15). The molecule has 0 aliphatic carbocycles. The first-order chi connectivity index (χ1) is 9.18. The molecule has 2 N–H and O–H groups in total. The van der Waals surface area contributed by atoms with Crippen LogP contribution in [-0.2, 0) is 17.1 Å². The summed E-state index contributed by atoms with van der Waals surface area (Å²) in [4.78, 5) is 4.49. The fourth-order valence-corrected chi connectivity index (χ4v) is 3.22. The molecule has 110 valence electrons. The van der Waals surface area contributed by atoms with E-state index in [-0.39, 0.29) is 0 Å². The number of benzene rings is 1. The SMILES string of the molecule is Cn1c(NCC(C)(C)NS(C)(=O)=O)nc2ccccc21. The fraction of sp³-hybridized carbons (Fsp3) is 0.462. The van der Waals surface area contributed by atoms with Crippen molar-refractivity contribution in [3.05, 3.63) is 24.3 Å². The number of imidazole rings is 1. The number of hydrogen-bond acceptors (Lipinski definition) is 4. The monoisotopic (exact) mass is 296 g/mol. The molecule has 0 saturated carbocycles. The minimum Gasteiger partial charge on any atom is -0.354 e. The van der Waals surface area contributed by atoms with Crippen LogP contribution < -0.4 is 10.0 Å². The van der Waals surface area contributed by atoms with Gasteiger partial charge in [-0.2, -0.15) is 0 Å².